The lowest BCUT2D eigenvalue weighted by Gasteiger charge is -2.22. The van der Waals surface area contributed by atoms with E-state index in [1.807, 2.05) is 20.8 Å². The van der Waals surface area contributed by atoms with Crippen LogP contribution in [0.1, 0.15) is 63.2 Å². The Morgan fingerprint density at radius 1 is 1.12 bits per heavy atom. The van der Waals surface area contributed by atoms with E-state index in [0.717, 1.165) is 25.7 Å². The third-order valence-corrected chi connectivity index (χ3v) is 3.74. The van der Waals surface area contributed by atoms with E-state index in [1.165, 1.54) is 16.8 Å². The molecule has 0 saturated heterocycles. The van der Waals surface area contributed by atoms with Crippen molar-refractivity contribution in [1.29, 1.82) is 0 Å². The smallest absolute Gasteiger partial charge is 0.274 e. The highest BCUT2D eigenvalue weighted by Gasteiger charge is 2.17. The summed E-state index contributed by atoms with van der Waals surface area (Å²) >= 11 is 0. The summed E-state index contributed by atoms with van der Waals surface area (Å²) in [4.78, 5) is 38.6. The second-order valence-corrected chi connectivity index (χ2v) is 6.00. The molecule has 0 radical (unpaired) electrons. The third kappa shape index (κ3) is 5.51. The summed E-state index contributed by atoms with van der Waals surface area (Å²) in [6.45, 7) is 7.40. The van der Waals surface area contributed by atoms with Crippen molar-refractivity contribution >= 4 is 17.5 Å². The van der Waals surface area contributed by atoms with E-state index in [4.69, 9.17) is 0 Å². The minimum Gasteiger partial charge on any atom is -0.339 e. The zero-order valence-corrected chi connectivity index (χ0v) is 15.2. The molecule has 6 heteroatoms. The van der Waals surface area contributed by atoms with Crippen LogP contribution in [0.25, 0.3) is 0 Å². The van der Waals surface area contributed by atoms with Crippen LogP contribution in [0, 0.1) is 0 Å². The monoisotopic (exact) mass is 335 g/mol. The molecule has 1 aromatic heterocycles. The molecule has 0 spiro atoms. The third-order valence-electron chi connectivity index (χ3n) is 3.74. The maximum Gasteiger partial charge on any atom is 0.274 e. The topological polar surface area (TPSA) is 71.4 Å². The number of nitrogens with one attached hydrogen (secondary N) is 1. The first kappa shape index (κ1) is 19.9. The first-order valence-electron chi connectivity index (χ1n) is 8.74. The molecule has 0 atom stereocenters. The Bertz CT molecular complexity index is 616. The van der Waals surface area contributed by atoms with Gasteiger partial charge in [-0.2, -0.15) is 0 Å². The molecule has 0 aliphatic heterocycles. The summed E-state index contributed by atoms with van der Waals surface area (Å²) in [5.41, 5.74) is 0.274. The standard InChI is InChI=1S/C18H29N3O3/c1-5-8-9-16(22)19-15-12-14(13-20(4)18(15)24)17(23)21(10-6-2)11-7-3/h12-13H,5-11H2,1-4H3,(H,19,22). The van der Waals surface area contributed by atoms with Gasteiger partial charge in [0, 0.05) is 32.8 Å². The fraction of sp³-hybridized carbons (Fsp3) is 0.611. The minimum atomic E-state index is -0.311. The number of amides is 2. The zero-order valence-electron chi connectivity index (χ0n) is 15.2. The Labute approximate surface area is 143 Å². The van der Waals surface area contributed by atoms with Crippen molar-refractivity contribution in [2.45, 2.75) is 52.9 Å². The van der Waals surface area contributed by atoms with Gasteiger partial charge in [0.2, 0.25) is 5.91 Å². The number of aryl methyl sites for hydroxylation is 1. The molecule has 0 fully saturated rings. The first-order valence-corrected chi connectivity index (χ1v) is 8.74. The number of unbranched alkanes of at least 4 members (excludes halogenated alkanes) is 1. The van der Waals surface area contributed by atoms with Gasteiger partial charge in [0.1, 0.15) is 5.69 Å². The van der Waals surface area contributed by atoms with Crippen LogP contribution in [0.4, 0.5) is 5.69 Å². The summed E-state index contributed by atoms with van der Waals surface area (Å²) in [6.07, 6.45) is 5.33. The van der Waals surface area contributed by atoms with Gasteiger partial charge in [0.05, 0.1) is 5.56 Å². The van der Waals surface area contributed by atoms with Gasteiger partial charge in [-0.15, -0.1) is 0 Å². The van der Waals surface area contributed by atoms with Crippen LogP contribution in [0.5, 0.6) is 0 Å². The lowest BCUT2D eigenvalue weighted by Crippen LogP contribution is -2.34. The molecule has 1 N–H and O–H groups in total. The van der Waals surface area contributed by atoms with Gasteiger partial charge >= 0.3 is 0 Å². The van der Waals surface area contributed by atoms with Crippen LogP contribution >= 0.6 is 0 Å². The van der Waals surface area contributed by atoms with Crippen LogP contribution in [0.2, 0.25) is 0 Å². The molecule has 134 valence electrons. The van der Waals surface area contributed by atoms with Crippen molar-refractivity contribution in [3.63, 3.8) is 0 Å². The van der Waals surface area contributed by atoms with E-state index in [-0.39, 0.29) is 23.1 Å². The molecule has 1 aromatic rings. The number of nitrogens with zero attached hydrogens (tertiary/aromatic N) is 2. The van der Waals surface area contributed by atoms with Crippen molar-refractivity contribution in [2.24, 2.45) is 7.05 Å². The van der Waals surface area contributed by atoms with Crippen LogP contribution < -0.4 is 10.9 Å². The lowest BCUT2D eigenvalue weighted by atomic mass is 10.2. The van der Waals surface area contributed by atoms with Crippen molar-refractivity contribution in [3.8, 4) is 0 Å². The number of carbonyl (C=O) groups excluding carboxylic acids is 2. The molecule has 6 nitrogen and oxygen atoms in total. The predicted molar refractivity (Wildman–Crippen MR) is 96.3 cm³/mol. The number of rotatable bonds is 9. The molecule has 2 amide bonds. The van der Waals surface area contributed by atoms with Crippen molar-refractivity contribution in [3.05, 3.63) is 28.2 Å². The van der Waals surface area contributed by atoms with Crippen LogP contribution in [-0.2, 0) is 11.8 Å². The molecule has 0 saturated carbocycles. The van der Waals surface area contributed by atoms with E-state index in [2.05, 4.69) is 5.32 Å². The second-order valence-electron chi connectivity index (χ2n) is 6.00. The van der Waals surface area contributed by atoms with Crippen molar-refractivity contribution in [2.75, 3.05) is 18.4 Å². The van der Waals surface area contributed by atoms with E-state index in [9.17, 15) is 14.4 Å². The number of carbonyl (C=O) groups is 2. The van der Waals surface area contributed by atoms with Crippen molar-refractivity contribution < 1.29 is 9.59 Å². The maximum absolute atomic E-state index is 12.7. The molecule has 0 aromatic carbocycles. The fourth-order valence-electron chi connectivity index (χ4n) is 2.51. The van der Waals surface area contributed by atoms with Gasteiger partial charge in [-0.25, -0.2) is 0 Å². The van der Waals surface area contributed by atoms with Gasteiger partial charge in [-0.1, -0.05) is 27.2 Å². The predicted octanol–water partition coefficient (Wildman–Crippen LogP) is 2.78. The lowest BCUT2D eigenvalue weighted by molar-refractivity contribution is -0.116. The average molecular weight is 335 g/mol. The number of aromatic nitrogens is 1. The highest BCUT2D eigenvalue weighted by molar-refractivity contribution is 5.96. The molecular weight excluding hydrogens is 306 g/mol. The van der Waals surface area contributed by atoms with Gasteiger partial charge in [-0.05, 0) is 25.3 Å². The van der Waals surface area contributed by atoms with Gasteiger partial charge in [0.15, 0.2) is 0 Å². The SMILES string of the molecule is CCCCC(=O)Nc1cc(C(=O)N(CCC)CCC)cn(C)c1=O. The zero-order chi connectivity index (χ0) is 18.1. The van der Waals surface area contributed by atoms with Crippen molar-refractivity contribution in [1.82, 2.24) is 9.47 Å². The van der Waals surface area contributed by atoms with Crippen LogP contribution in [0.3, 0.4) is 0 Å². The van der Waals surface area contributed by atoms with E-state index in [0.29, 0.717) is 25.1 Å². The largest absolute Gasteiger partial charge is 0.339 e. The highest BCUT2D eigenvalue weighted by Crippen LogP contribution is 2.11. The molecule has 0 aliphatic rings. The normalized spacial score (nSPS) is 10.5. The van der Waals surface area contributed by atoms with Gasteiger partial charge in [0.25, 0.3) is 11.5 Å². The number of hydrogen-bond acceptors (Lipinski definition) is 3. The molecule has 0 aliphatic carbocycles. The Balaban J connectivity index is 3.06. The minimum absolute atomic E-state index is 0.113. The summed E-state index contributed by atoms with van der Waals surface area (Å²) in [6, 6.07) is 1.49. The van der Waals surface area contributed by atoms with E-state index in [1.54, 1.807) is 11.9 Å². The molecule has 24 heavy (non-hydrogen) atoms. The molecular formula is C18H29N3O3. The molecule has 0 bridgehead atoms. The van der Waals surface area contributed by atoms with Crippen LogP contribution in [-0.4, -0.2) is 34.4 Å². The number of pyridine rings is 1. The van der Waals surface area contributed by atoms with Crippen LogP contribution in [0.15, 0.2) is 17.1 Å². The Hall–Kier alpha value is -2.11. The first-order chi connectivity index (χ1) is 11.4. The number of anilines is 1. The molecule has 0 unspecified atom stereocenters. The summed E-state index contributed by atoms with van der Waals surface area (Å²) in [5, 5.41) is 2.64. The Kier molecular flexibility index (Phi) is 8.22. The summed E-state index contributed by atoms with van der Waals surface area (Å²) < 4.78 is 1.35. The Morgan fingerprint density at radius 2 is 1.75 bits per heavy atom. The molecule has 1 rings (SSSR count). The summed E-state index contributed by atoms with van der Waals surface area (Å²) in [7, 11) is 1.59. The van der Waals surface area contributed by atoms with E-state index >= 15 is 0 Å². The van der Waals surface area contributed by atoms with E-state index < -0.39 is 0 Å². The highest BCUT2D eigenvalue weighted by atomic mass is 16.2. The second kappa shape index (κ2) is 9.90. The molecule has 1 heterocycles. The fourth-order valence-corrected chi connectivity index (χ4v) is 2.51. The quantitative estimate of drug-likeness (QED) is 0.754. The van der Waals surface area contributed by atoms with Gasteiger partial charge < -0.3 is 14.8 Å². The maximum atomic E-state index is 12.7. The Morgan fingerprint density at radius 3 is 2.29 bits per heavy atom. The summed E-state index contributed by atoms with van der Waals surface area (Å²) in [5.74, 6) is -0.309. The van der Waals surface area contributed by atoms with Gasteiger partial charge in [-0.3, -0.25) is 14.4 Å². The average Bonchev–Trinajstić information content (AvgIpc) is 2.56. The number of hydrogen-bond donors (Lipinski definition) is 1.